The zero-order valence-corrected chi connectivity index (χ0v) is 12.0. The van der Waals surface area contributed by atoms with E-state index in [9.17, 15) is 4.79 Å². The lowest BCUT2D eigenvalue weighted by atomic mass is 10.1. The number of anilines is 1. The Kier molecular flexibility index (Phi) is 4.48. The van der Waals surface area contributed by atoms with Gasteiger partial charge in [0.25, 0.3) is 5.91 Å². The van der Waals surface area contributed by atoms with Crippen LogP contribution in [0.4, 0.5) is 5.69 Å². The Morgan fingerprint density at radius 3 is 2.25 bits per heavy atom. The van der Waals surface area contributed by atoms with Gasteiger partial charge in [0.05, 0.1) is 7.11 Å². The van der Waals surface area contributed by atoms with Gasteiger partial charge in [0, 0.05) is 16.2 Å². The van der Waals surface area contributed by atoms with Crippen LogP contribution in [0.2, 0.25) is 0 Å². The second-order valence-electron chi connectivity index (χ2n) is 4.21. The van der Waals surface area contributed by atoms with Crippen molar-refractivity contribution in [1.29, 1.82) is 0 Å². The molecule has 0 aliphatic carbocycles. The standard InChI is InChI=1S/C16H15NO2S/c1-11(12-3-7-14(19-2)8-4-12)16(18)17-13-5-9-15(20)10-6-13/h3-10,20H,1H2,2H3,(H,17,18). The molecule has 0 saturated heterocycles. The first-order valence-corrected chi connectivity index (χ1v) is 6.48. The molecule has 1 amide bonds. The van der Waals surface area contributed by atoms with E-state index in [4.69, 9.17) is 4.74 Å². The molecule has 0 saturated carbocycles. The number of carbonyl (C=O) groups excluding carboxylic acids is 1. The summed E-state index contributed by atoms with van der Waals surface area (Å²) in [7, 11) is 1.60. The maximum atomic E-state index is 12.1. The number of methoxy groups -OCH3 is 1. The third kappa shape index (κ3) is 3.42. The Labute approximate surface area is 123 Å². The van der Waals surface area contributed by atoms with E-state index in [2.05, 4.69) is 24.5 Å². The van der Waals surface area contributed by atoms with Crippen molar-refractivity contribution < 1.29 is 9.53 Å². The van der Waals surface area contributed by atoms with Gasteiger partial charge in [-0.2, -0.15) is 0 Å². The summed E-state index contributed by atoms with van der Waals surface area (Å²) in [6.07, 6.45) is 0. The molecule has 0 spiro atoms. The highest BCUT2D eigenvalue weighted by Crippen LogP contribution is 2.19. The molecule has 2 aromatic rings. The molecule has 0 radical (unpaired) electrons. The molecule has 0 aliphatic heterocycles. The molecule has 3 nitrogen and oxygen atoms in total. The Balaban J connectivity index is 2.07. The van der Waals surface area contributed by atoms with Crippen LogP contribution >= 0.6 is 12.6 Å². The molecule has 20 heavy (non-hydrogen) atoms. The van der Waals surface area contributed by atoms with Crippen molar-refractivity contribution in [1.82, 2.24) is 0 Å². The summed E-state index contributed by atoms with van der Waals surface area (Å²) < 4.78 is 5.08. The predicted octanol–water partition coefficient (Wildman–Crippen LogP) is 3.64. The van der Waals surface area contributed by atoms with E-state index < -0.39 is 0 Å². The number of hydrogen-bond acceptors (Lipinski definition) is 3. The second-order valence-corrected chi connectivity index (χ2v) is 4.72. The zero-order chi connectivity index (χ0) is 14.5. The number of amides is 1. The van der Waals surface area contributed by atoms with E-state index in [1.807, 2.05) is 12.1 Å². The van der Waals surface area contributed by atoms with Crippen LogP contribution in [0.25, 0.3) is 5.57 Å². The van der Waals surface area contributed by atoms with Crippen LogP contribution in [0.3, 0.4) is 0 Å². The Hall–Kier alpha value is -2.20. The first-order chi connectivity index (χ1) is 9.60. The largest absolute Gasteiger partial charge is 0.497 e. The van der Waals surface area contributed by atoms with Crippen LogP contribution in [-0.4, -0.2) is 13.0 Å². The normalized spacial score (nSPS) is 9.90. The number of nitrogens with one attached hydrogen (secondary N) is 1. The molecule has 102 valence electrons. The lowest BCUT2D eigenvalue weighted by Gasteiger charge is -2.08. The molecule has 0 fully saturated rings. The van der Waals surface area contributed by atoms with Gasteiger partial charge in [-0.1, -0.05) is 18.7 Å². The minimum atomic E-state index is -0.234. The van der Waals surface area contributed by atoms with Crippen molar-refractivity contribution in [2.75, 3.05) is 12.4 Å². The smallest absolute Gasteiger partial charge is 0.255 e. The minimum Gasteiger partial charge on any atom is -0.497 e. The molecule has 0 unspecified atom stereocenters. The highest BCUT2D eigenvalue weighted by molar-refractivity contribution is 7.80. The van der Waals surface area contributed by atoms with Crippen LogP contribution in [0, 0.1) is 0 Å². The molecule has 0 aliphatic rings. The van der Waals surface area contributed by atoms with Crippen LogP contribution in [0.15, 0.2) is 60.0 Å². The fourth-order valence-electron chi connectivity index (χ4n) is 1.67. The molecule has 0 atom stereocenters. The molecule has 0 aromatic heterocycles. The van der Waals surface area contributed by atoms with Gasteiger partial charge < -0.3 is 10.1 Å². The third-order valence-corrected chi connectivity index (χ3v) is 3.14. The molecule has 2 rings (SSSR count). The van der Waals surface area contributed by atoms with Crippen molar-refractivity contribution in [3.05, 3.63) is 60.7 Å². The van der Waals surface area contributed by atoms with Crippen molar-refractivity contribution in [2.45, 2.75) is 4.90 Å². The summed E-state index contributed by atoms with van der Waals surface area (Å²) in [5.41, 5.74) is 1.87. The predicted molar refractivity (Wildman–Crippen MR) is 84.4 cm³/mol. The van der Waals surface area contributed by atoms with E-state index in [0.29, 0.717) is 11.3 Å². The van der Waals surface area contributed by atoms with Gasteiger partial charge in [-0.05, 0) is 42.0 Å². The lowest BCUT2D eigenvalue weighted by Crippen LogP contribution is -2.12. The number of benzene rings is 2. The number of hydrogen-bond donors (Lipinski definition) is 2. The van der Waals surface area contributed by atoms with E-state index in [0.717, 1.165) is 16.2 Å². The topological polar surface area (TPSA) is 38.3 Å². The van der Waals surface area contributed by atoms with Gasteiger partial charge in [0.2, 0.25) is 0 Å². The molecular formula is C16H15NO2S. The molecular weight excluding hydrogens is 270 g/mol. The summed E-state index contributed by atoms with van der Waals surface area (Å²) in [5.74, 6) is 0.508. The molecule has 0 heterocycles. The summed E-state index contributed by atoms with van der Waals surface area (Å²) in [6, 6.07) is 14.4. The Morgan fingerprint density at radius 2 is 1.70 bits per heavy atom. The SMILES string of the molecule is C=C(C(=O)Nc1ccc(S)cc1)c1ccc(OC)cc1. The van der Waals surface area contributed by atoms with Gasteiger partial charge in [-0.25, -0.2) is 0 Å². The first-order valence-electron chi connectivity index (χ1n) is 6.04. The number of carbonyl (C=O) groups is 1. The molecule has 1 N–H and O–H groups in total. The summed E-state index contributed by atoms with van der Waals surface area (Å²) in [6.45, 7) is 3.83. The second kappa shape index (κ2) is 6.30. The zero-order valence-electron chi connectivity index (χ0n) is 11.1. The summed E-state index contributed by atoms with van der Waals surface area (Å²) in [4.78, 5) is 12.9. The number of thiol groups is 1. The minimum absolute atomic E-state index is 0.234. The van der Waals surface area contributed by atoms with Crippen LogP contribution < -0.4 is 10.1 Å². The van der Waals surface area contributed by atoms with Gasteiger partial charge >= 0.3 is 0 Å². The van der Waals surface area contributed by atoms with E-state index in [1.165, 1.54) is 0 Å². The monoisotopic (exact) mass is 285 g/mol. The van der Waals surface area contributed by atoms with E-state index in [1.54, 1.807) is 43.5 Å². The van der Waals surface area contributed by atoms with Crippen LogP contribution in [-0.2, 0) is 4.79 Å². The summed E-state index contributed by atoms with van der Waals surface area (Å²) >= 11 is 4.20. The average molecular weight is 285 g/mol. The van der Waals surface area contributed by atoms with Gasteiger partial charge in [-0.15, -0.1) is 12.6 Å². The Morgan fingerprint density at radius 1 is 1.10 bits per heavy atom. The van der Waals surface area contributed by atoms with Gasteiger partial charge in [-0.3, -0.25) is 4.79 Å². The van der Waals surface area contributed by atoms with E-state index in [-0.39, 0.29) is 5.91 Å². The number of ether oxygens (including phenoxy) is 1. The van der Waals surface area contributed by atoms with Crippen molar-refractivity contribution in [3.63, 3.8) is 0 Å². The maximum absolute atomic E-state index is 12.1. The third-order valence-electron chi connectivity index (χ3n) is 2.84. The van der Waals surface area contributed by atoms with Crippen molar-refractivity contribution >= 4 is 29.8 Å². The lowest BCUT2D eigenvalue weighted by molar-refractivity contribution is -0.111. The highest BCUT2D eigenvalue weighted by atomic mass is 32.1. The number of rotatable bonds is 4. The van der Waals surface area contributed by atoms with Crippen molar-refractivity contribution in [3.8, 4) is 5.75 Å². The Bertz CT molecular complexity index is 618. The van der Waals surface area contributed by atoms with Gasteiger partial charge in [0.1, 0.15) is 5.75 Å². The average Bonchev–Trinajstić information content (AvgIpc) is 2.49. The molecule has 4 heteroatoms. The highest BCUT2D eigenvalue weighted by Gasteiger charge is 2.09. The summed E-state index contributed by atoms with van der Waals surface area (Å²) in [5, 5.41) is 2.79. The quantitative estimate of drug-likeness (QED) is 0.665. The van der Waals surface area contributed by atoms with Crippen LogP contribution in [0.5, 0.6) is 5.75 Å². The fourth-order valence-corrected chi connectivity index (χ4v) is 1.82. The van der Waals surface area contributed by atoms with Gasteiger partial charge in [0.15, 0.2) is 0 Å². The maximum Gasteiger partial charge on any atom is 0.255 e. The fraction of sp³-hybridized carbons (Fsp3) is 0.0625. The van der Waals surface area contributed by atoms with Crippen LogP contribution in [0.1, 0.15) is 5.56 Å². The molecule has 0 bridgehead atoms. The van der Waals surface area contributed by atoms with E-state index >= 15 is 0 Å². The first kappa shape index (κ1) is 14.2. The molecule has 2 aromatic carbocycles. The van der Waals surface area contributed by atoms with Crippen molar-refractivity contribution in [2.24, 2.45) is 0 Å².